The van der Waals surface area contributed by atoms with Gasteiger partial charge in [-0.15, -0.1) is 0 Å². The molecule has 2 heterocycles. The third kappa shape index (κ3) is 2.40. The quantitative estimate of drug-likeness (QED) is 0.904. The Morgan fingerprint density at radius 2 is 2.14 bits per heavy atom. The maximum absolute atomic E-state index is 11.9. The highest BCUT2D eigenvalue weighted by atomic mass is 16.2. The molecule has 0 unspecified atom stereocenters. The first-order chi connectivity index (χ1) is 10.2. The molecule has 0 bridgehead atoms. The van der Waals surface area contributed by atoms with Crippen molar-refractivity contribution in [3.05, 3.63) is 36.2 Å². The van der Waals surface area contributed by atoms with Gasteiger partial charge in [0.25, 0.3) is 0 Å². The average molecular weight is 283 g/mol. The molecule has 2 N–H and O–H groups in total. The largest absolute Gasteiger partial charge is 0.370 e. The van der Waals surface area contributed by atoms with Crippen molar-refractivity contribution in [3.8, 4) is 0 Å². The minimum atomic E-state index is -0.0447. The van der Waals surface area contributed by atoms with Crippen molar-refractivity contribution < 1.29 is 4.79 Å². The normalized spacial score (nSPS) is 13.6. The lowest BCUT2D eigenvalue weighted by molar-refractivity contribution is -0.115. The van der Waals surface area contributed by atoms with Crippen LogP contribution in [0.3, 0.4) is 0 Å². The van der Waals surface area contributed by atoms with Crippen molar-refractivity contribution in [3.63, 3.8) is 0 Å². The smallest absolute Gasteiger partial charge is 0.244 e. The van der Waals surface area contributed by atoms with Crippen molar-refractivity contribution in [1.82, 2.24) is 9.97 Å². The van der Waals surface area contributed by atoms with Gasteiger partial charge in [-0.3, -0.25) is 4.79 Å². The average Bonchev–Trinajstić information content (AvgIpc) is 2.49. The van der Waals surface area contributed by atoms with E-state index in [1.165, 1.54) is 6.33 Å². The van der Waals surface area contributed by atoms with Crippen LogP contribution in [0, 0.1) is 6.92 Å². The number of aromatic nitrogens is 2. The van der Waals surface area contributed by atoms with Crippen molar-refractivity contribution in [2.45, 2.75) is 13.8 Å². The molecule has 1 amide bonds. The molecule has 6 heteroatoms. The van der Waals surface area contributed by atoms with Gasteiger partial charge in [-0.05, 0) is 26.0 Å². The number of carbonyl (C=O) groups is 1. The maximum atomic E-state index is 11.9. The summed E-state index contributed by atoms with van der Waals surface area (Å²) in [6.45, 7) is 5.02. The van der Waals surface area contributed by atoms with Gasteiger partial charge in [0, 0.05) is 12.1 Å². The monoisotopic (exact) mass is 283 g/mol. The topological polar surface area (TPSA) is 70.2 Å². The molecule has 0 saturated heterocycles. The Hall–Kier alpha value is -2.63. The lowest BCUT2D eigenvalue weighted by Gasteiger charge is -2.31. The van der Waals surface area contributed by atoms with Crippen molar-refractivity contribution in [2.75, 3.05) is 28.6 Å². The zero-order valence-electron chi connectivity index (χ0n) is 12.1. The first-order valence-electron chi connectivity index (χ1n) is 6.92. The van der Waals surface area contributed by atoms with Crippen molar-refractivity contribution in [1.29, 1.82) is 0 Å². The zero-order valence-corrected chi connectivity index (χ0v) is 12.1. The number of rotatable bonds is 3. The molecule has 2 aromatic rings. The SMILES string of the molecule is CCNc1ncnc(N2CC(=O)Nc3ccccc32)c1C. The molecule has 0 saturated carbocycles. The van der Waals surface area contributed by atoms with E-state index in [0.717, 1.165) is 35.1 Å². The van der Waals surface area contributed by atoms with Gasteiger partial charge >= 0.3 is 0 Å². The van der Waals surface area contributed by atoms with Gasteiger partial charge in [-0.2, -0.15) is 0 Å². The van der Waals surface area contributed by atoms with Crippen LogP contribution in [0.1, 0.15) is 12.5 Å². The van der Waals surface area contributed by atoms with Crippen LogP contribution in [0.25, 0.3) is 0 Å². The molecule has 1 aromatic heterocycles. The minimum absolute atomic E-state index is 0.0447. The summed E-state index contributed by atoms with van der Waals surface area (Å²) in [6, 6.07) is 7.72. The van der Waals surface area contributed by atoms with Crippen LogP contribution in [0.5, 0.6) is 0 Å². The molecule has 1 aliphatic rings. The summed E-state index contributed by atoms with van der Waals surface area (Å²) >= 11 is 0. The van der Waals surface area contributed by atoms with E-state index in [-0.39, 0.29) is 12.5 Å². The molecule has 1 aromatic carbocycles. The Kier molecular flexibility index (Phi) is 3.43. The molecule has 0 fully saturated rings. The van der Waals surface area contributed by atoms with Gasteiger partial charge < -0.3 is 15.5 Å². The summed E-state index contributed by atoms with van der Waals surface area (Å²) in [5.41, 5.74) is 2.68. The molecule has 3 rings (SSSR count). The van der Waals surface area contributed by atoms with Crippen LogP contribution in [-0.2, 0) is 4.79 Å². The summed E-state index contributed by atoms with van der Waals surface area (Å²) in [7, 11) is 0. The molecule has 0 aliphatic carbocycles. The molecule has 0 spiro atoms. The lowest BCUT2D eigenvalue weighted by atomic mass is 10.1. The first kappa shape index (κ1) is 13.4. The number of benzene rings is 1. The second kappa shape index (κ2) is 5.40. The highest BCUT2D eigenvalue weighted by Gasteiger charge is 2.25. The highest BCUT2D eigenvalue weighted by Crippen LogP contribution is 2.36. The van der Waals surface area contributed by atoms with Gasteiger partial charge in [0.2, 0.25) is 5.91 Å². The molecule has 21 heavy (non-hydrogen) atoms. The van der Waals surface area contributed by atoms with Gasteiger partial charge in [0.1, 0.15) is 24.5 Å². The van der Waals surface area contributed by atoms with E-state index in [4.69, 9.17) is 0 Å². The molecular weight excluding hydrogens is 266 g/mol. The van der Waals surface area contributed by atoms with Gasteiger partial charge in [-0.1, -0.05) is 12.1 Å². The van der Waals surface area contributed by atoms with Crippen LogP contribution in [0.2, 0.25) is 0 Å². The van der Waals surface area contributed by atoms with E-state index < -0.39 is 0 Å². The molecular formula is C15H17N5O. The number of fused-ring (bicyclic) bond motifs is 1. The standard InChI is InChI=1S/C15H17N5O/c1-3-16-14-10(2)15(18-9-17-14)20-8-13(21)19-11-6-4-5-7-12(11)20/h4-7,9H,3,8H2,1-2H3,(H,19,21)(H,16,17,18). The number of amides is 1. The number of hydrogen-bond donors (Lipinski definition) is 2. The molecule has 0 radical (unpaired) electrons. The predicted molar refractivity (Wildman–Crippen MR) is 83.0 cm³/mol. The van der Waals surface area contributed by atoms with Gasteiger partial charge in [-0.25, -0.2) is 9.97 Å². The number of hydrogen-bond acceptors (Lipinski definition) is 5. The first-order valence-corrected chi connectivity index (χ1v) is 6.92. The zero-order chi connectivity index (χ0) is 14.8. The Labute approximate surface area is 123 Å². The van der Waals surface area contributed by atoms with E-state index in [9.17, 15) is 4.79 Å². The van der Waals surface area contributed by atoms with E-state index in [0.29, 0.717) is 0 Å². The summed E-state index contributed by atoms with van der Waals surface area (Å²) in [6.07, 6.45) is 1.52. The van der Waals surface area contributed by atoms with Crippen molar-refractivity contribution >= 4 is 28.9 Å². The van der Waals surface area contributed by atoms with E-state index in [2.05, 4.69) is 20.6 Å². The summed E-state index contributed by atoms with van der Waals surface area (Å²) in [5.74, 6) is 1.51. The predicted octanol–water partition coefficient (Wildman–Crippen LogP) is 2.31. The summed E-state index contributed by atoms with van der Waals surface area (Å²) in [4.78, 5) is 22.5. The van der Waals surface area contributed by atoms with Gasteiger partial charge in [0.05, 0.1) is 11.4 Å². The Morgan fingerprint density at radius 3 is 2.95 bits per heavy atom. The van der Waals surface area contributed by atoms with E-state index in [1.54, 1.807) is 0 Å². The second-order valence-electron chi connectivity index (χ2n) is 4.85. The number of carbonyl (C=O) groups excluding carboxylic acids is 1. The Morgan fingerprint density at radius 1 is 1.33 bits per heavy atom. The number of nitrogens with zero attached hydrogens (tertiary/aromatic N) is 3. The fourth-order valence-corrected chi connectivity index (χ4v) is 2.48. The number of nitrogens with one attached hydrogen (secondary N) is 2. The summed E-state index contributed by atoms with van der Waals surface area (Å²) in [5, 5.41) is 6.09. The van der Waals surface area contributed by atoms with Crippen LogP contribution >= 0.6 is 0 Å². The van der Waals surface area contributed by atoms with Crippen LogP contribution in [0.15, 0.2) is 30.6 Å². The number of anilines is 4. The van der Waals surface area contributed by atoms with Gasteiger partial charge in [0.15, 0.2) is 0 Å². The van der Waals surface area contributed by atoms with Crippen LogP contribution in [0.4, 0.5) is 23.0 Å². The Balaban J connectivity index is 2.09. The summed E-state index contributed by atoms with van der Waals surface area (Å²) < 4.78 is 0. The lowest BCUT2D eigenvalue weighted by Crippen LogP contribution is -2.36. The fraction of sp³-hybridized carbons (Fsp3) is 0.267. The molecule has 1 aliphatic heterocycles. The third-order valence-corrected chi connectivity index (χ3v) is 3.43. The molecule has 108 valence electrons. The van der Waals surface area contributed by atoms with Crippen LogP contribution < -0.4 is 15.5 Å². The van der Waals surface area contributed by atoms with Crippen LogP contribution in [-0.4, -0.2) is 29.0 Å². The number of para-hydroxylation sites is 2. The van der Waals surface area contributed by atoms with E-state index >= 15 is 0 Å². The highest BCUT2D eigenvalue weighted by molar-refractivity contribution is 6.03. The van der Waals surface area contributed by atoms with E-state index in [1.807, 2.05) is 43.0 Å². The molecule has 6 nitrogen and oxygen atoms in total. The maximum Gasteiger partial charge on any atom is 0.244 e. The van der Waals surface area contributed by atoms with Crippen molar-refractivity contribution in [2.24, 2.45) is 0 Å². The molecule has 0 atom stereocenters. The second-order valence-corrected chi connectivity index (χ2v) is 4.85. The fourth-order valence-electron chi connectivity index (χ4n) is 2.48. The third-order valence-electron chi connectivity index (χ3n) is 3.43. The minimum Gasteiger partial charge on any atom is -0.370 e. The Bertz CT molecular complexity index is 686.